The van der Waals surface area contributed by atoms with E-state index in [1.54, 1.807) is 0 Å². The molecule has 0 saturated heterocycles. The van der Waals surface area contributed by atoms with Crippen molar-refractivity contribution < 1.29 is 19.2 Å². The number of H-pyrrole nitrogens is 1. The maximum atomic E-state index is 13.5. The first-order valence-electron chi connectivity index (χ1n) is 12.1. The molecule has 0 bridgehead atoms. The van der Waals surface area contributed by atoms with Gasteiger partial charge in [0.2, 0.25) is 6.79 Å². The Balaban J connectivity index is 1.69. The number of carbonyl (C=O) groups excluding carboxylic acids is 1. The monoisotopic (exact) mass is 512 g/mol. The average molecular weight is 513 g/mol. The summed E-state index contributed by atoms with van der Waals surface area (Å²) in [6.45, 7) is 6.08. The zero-order chi connectivity index (χ0) is 25.6. The van der Waals surface area contributed by atoms with Gasteiger partial charge in [0.25, 0.3) is 11.2 Å². The molecular weight excluding hydrogens is 484 g/mol. The van der Waals surface area contributed by atoms with Gasteiger partial charge in [-0.3, -0.25) is 19.7 Å². The van der Waals surface area contributed by atoms with Crippen molar-refractivity contribution in [2.24, 2.45) is 5.41 Å². The predicted octanol–water partition coefficient (Wildman–Crippen LogP) is 4.89. The zero-order valence-corrected chi connectivity index (χ0v) is 21.3. The number of thioether (sulfide) groups is 1. The van der Waals surface area contributed by atoms with E-state index in [-0.39, 0.29) is 47.0 Å². The second-order valence-corrected chi connectivity index (χ2v) is 11.2. The summed E-state index contributed by atoms with van der Waals surface area (Å²) in [7, 11) is 0. The van der Waals surface area contributed by atoms with E-state index in [9.17, 15) is 19.7 Å². The molecule has 36 heavy (non-hydrogen) atoms. The summed E-state index contributed by atoms with van der Waals surface area (Å²) >= 11 is 1.46. The van der Waals surface area contributed by atoms with Crippen molar-refractivity contribution in [1.29, 1.82) is 0 Å². The van der Waals surface area contributed by atoms with Crippen LogP contribution in [0.4, 0.5) is 11.5 Å². The van der Waals surface area contributed by atoms with Crippen LogP contribution in [0, 0.1) is 15.5 Å². The molecule has 1 atom stereocenters. The lowest BCUT2D eigenvalue weighted by Crippen LogP contribution is -2.37. The Morgan fingerprint density at radius 3 is 2.67 bits per heavy atom. The van der Waals surface area contributed by atoms with E-state index < -0.39 is 16.4 Å². The largest absolute Gasteiger partial charge is 0.454 e. The minimum Gasteiger partial charge on any atom is -0.454 e. The van der Waals surface area contributed by atoms with Crippen LogP contribution in [0.3, 0.4) is 0 Å². The minimum atomic E-state index is -0.954. The molecule has 0 saturated carbocycles. The second kappa shape index (κ2) is 9.27. The lowest BCUT2D eigenvalue weighted by molar-refractivity contribution is -0.385. The van der Waals surface area contributed by atoms with Crippen LogP contribution in [0.1, 0.15) is 69.9 Å². The molecule has 0 fully saturated rings. The number of anilines is 1. The molecule has 0 amide bonds. The van der Waals surface area contributed by atoms with Crippen LogP contribution in [0.25, 0.3) is 0 Å². The smallest absolute Gasteiger partial charge is 0.277 e. The number of aromatic nitrogens is 2. The van der Waals surface area contributed by atoms with Crippen molar-refractivity contribution in [2.75, 3.05) is 17.9 Å². The summed E-state index contributed by atoms with van der Waals surface area (Å²) in [6.07, 6.45) is 4.00. The van der Waals surface area contributed by atoms with Crippen molar-refractivity contribution >= 4 is 29.1 Å². The number of rotatable bonds is 7. The van der Waals surface area contributed by atoms with E-state index >= 15 is 0 Å². The number of Topliss-reactive ketones (excluding diaryl/α,β-unsaturated/α-hetero) is 1. The molecule has 190 valence electrons. The van der Waals surface area contributed by atoms with Gasteiger partial charge in [-0.05, 0) is 24.3 Å². The fourth-order valence-corrected chi connectivity index (χ4v) is 5.99. The van der Waals surface area contributed by atoms with Crippen molar-refractivity contribution in [3.8, 4) is 11.5 Å². The Morgan fingerprint density at radius 1 is 1.19 bits per heavy atom. The standard InChI is InChI=1S/C25H28N4O6S/c1-4-5-6-7-36-24-27-22-21(23(31)28-24)19(20-14(26-22)10-25(2,3)11-16(20)30)13-8-17-18(35-12-34-17)9-15(13)29(32)33/h8-9,19H,4-7,10-12H2,1-3H3,(H2,26,27,28,31). The lowest BCUT2D eigenvalue weighted by Gasteiger charge is -2.38. The Kier molecular flexibility index (Phi) is 6.27. The molecule has 1 unspecified atom stereocenters. The summed E-state index contributed by atoms with van der Waals surface area (Å²) < 4.78 is 10.8. The first-order chi connectivity index (χ1) is 17.2. The van der Waals surface area contributed by atoms with Gasteiger partial charge in [-0.2, -0.15) is 0 Å². The van der Waals surface area contributed by atoms with Crippen LogP contribution in [-0.4, -0.2) is 33.2 Å². The summed E-state index contributed by atoms with van der Waals surface area (Å²) in [6, 6.07) is 2.82. The zero-order valence-electron chi connectivity index (χ0n) is 20.4. The minimum absolute atomic E-state index is 0.0550. The Morgan fingerprint density at radius 2 is 1.94 bits per heavy atom. The number of nitrogens with one attached hydrogen (secondary N) is 2. The van der Waals surface area contributed by atoms with Gasteiger partial charge in [-0.25, -0.2) is 4.98 Å². The van der Waals surface area contributed by atoms with Gasteiger partial charge in [-0.1, -0.05) is 45.4 Å². The molecule has 0 spiro atoms. The number of unbranched alkanes of at least 4 members (excludes halogenated alkanes) is 2. The summed E-state index contributed by atoms with van der Waals surface area (Å²) in [5, 5.41) is 15.9. The molecular formula is C25H28N4O6S. The van der Waals surface area contributed by atoms with Crippen molar-refractivity contribution in [3.05, 3.63) is 55.0 Å². The highest BCUT2D eigenvalue weighted by atomic mass is 32.2. The summed E-state index contributed by atoms with van der Waals surface area (Å²) in [5.41, 5.74) is 0.473. The quantitative estimate of drug-likeness (QED) is 0.175. The van der Waals surface area contributed by atoms with E-state index in [0.29, 0.717) is 34.4 Å². The maximum Gasteiger partial charge on any atom is 0.277 e. The van der Waals surface area contributed by atoms with Gasteiger partial charge in [0.15, 0.2) is 22.4 Å². The first kappa shape index (κ1) is 24.4. The topological polar surface area (TPSA) is 136 Å². The Bertz CT molecular complexity index is 1350. The Hall–Kier alpha value is -3.34. The third kappa shape index (κ3) is 4.36. The number of hydrogen-bond donors (Lipinski definition) is 2. The lowest BCUT2D eigenvalue weighted by atomic mass is 9.69. The molecule has 2 N–H and O–H groups in total. The Labute approximate surface area is 212 Å². The molecule has 10 nitrogen and oxygen atoms in total. The number of benzene rings is 1. The normalized spacial score (nSPS) is 19.5. The molecule has 11 heteroatoms. The molecule has 1 aromatic heterocycles. The van der Waals surface area contributed by atoms with E-state index in [1.807, 2.05) is 13.8 Å². The molecule has 0 radical (unpaired) electrons. The maximum absolute atomic E-state index is 13.5. The van der Waals surface area contributed by atoms with E-state index in [4.69, 9.17) is 9.47 Å². The molecule has 3 aliphatic rings. The van der Waals surface area contributed by atoms with Crippen molar-refractivity contribution in [3.63, 3.8) is 0 Å². The number of nitro groups is 1. The number of ketones is 1. The fraction of sp³-hybridized carbons (Fsp3) is 0.480. The first-order valence-corrected chi connectivity index (χ1v) is 13.1. The molecule has 1 aromatic carbocycles. The number of ether oxygens (including phenoxy) is 2. The predicted molar refractivity (Wildman–Crippen MR) is 135 cm³/mol. The van der Waals surface area contributed by atoms with Gasteiger partial charge in [0, 0.05) is 29.0 Å². The number of carbonyl (C=O) groups is 1. The van der Waals surface area contributed by atoms with Crippen LogP contribution < -0.4 is 20.3 Å². The van der Waals surface area contributed by atoms with Gasteiger partial charge in [0.1, 0.15) is 5.82 Å². The summed E-state index contributed by atoms with van der Waals surface area (Å²) in [5.74, 6) is 0.646. The number of hydrogen-bond acceptors (Lipinski definition) is 9. The molecule has 1 aliphatic carbocycles. The molecule has 2 aromatic rings. The average Bonchev–Trinajstić information content (AvgIpc) is 3.26. The van der Waals surface area contributed by atoms with E-state index in [2.05, 4.69) is 22.2 Å². The van der Waals surface area contributed by atoms with Gasteiger partial charge >= 0.3 is 0 Å². The van der Waals surface area contributed by atoms with Crippen LogP contribution in [0.2, 0.25) is 0 Å². The van der Waals surface area contributed by atoms with Crippen LogP contribution >= 0.6 is 11.8 Å². The summed E-state index contributed by atoms with van der Waals surface area (Å²) in [4.78, 5) is 46.1. The third-order valence-electron chi connectivity index (χ3n) is 6.72. The molecule has 5 rings (SSSR count). The molecule has 2 aliphatic heterocycles. The van der Waals surface area contributed by atoms with Gasteiger partial charge < -0.3 is 19.8 Å². The highest BCUT2D eigenvalue weighted by molar-refractivity contribution is 7.99. The van der Waals surface area contributed by atoms with E-state index in [0.717, 1.165) is 25.0 Å². The number of nitrogens with zero attached hydrogens (tertiary/aromatic N) is 2. The second-order valence-electron chi connectivity index (χ2n) is 10.1. The SMILES string of the molecule is CCCCCSc1nc2c(c(=O)[nH]1)C(c1cc3c(cc1[N+](=O)[O-])OCO3)C1=C(CC(C)(C)CC1=O)N2. The highest BCUT2D eigenvalue weighted by Crippen LogP contribution is 2.51. The van der Waals surface area contributed by atoms with Crippen molar-refractivity contribution in [2.45, 2.75) is 63.9 Å². The number of aromatic amines is 1. The van der Waals surface area contributed by atoms with Crippen LogP contribution in [0.5, 0.6) is 11.5 Å². The van der Waals surface area contributed by atoms with Crippen molar-refractivity contribution in [1.82, 2.24) is 9.97 Å². The number of fused-ring (bicyclic) bond motifs is 2. The van der Waals surface area contributed by atoms with Gasteiger partial charge in [0.05, 0.1) is 22.5 Å². The third-order valence-corrected chi connectivity index (χ3v) is 7.68. The molecule has 3 heterocycles. The van der Waals surface area contributed by atoms with Crippen LogP contribution in [-0.2, 0) is 4.79 Å². The van der Waals surface area contributed by atoms with Gasteiger partial charge in [-0.15, -0.1) is 0 Å². The number of nitro benzene ring substituents is 1. The number of allylic oxidation sites excluding steroid dienone is 2. The fourth-order valence-electron chi connectivity index (χ4n) is 5.13. The highest BCUT2D eigenvalue weighted by Gasteiger charge is 2.45. The van der Waals surface area contributed by atoms with E-state index in [1.165, 1.54) is 23.9 Å². The van der Waals surface area contributed by atoms with Crippen LogP contribution in [0.15, 0.2) is 33.4 Å².